The van der Waals surface area contributed by atoms with Crippen LogP contribution in [0, 0.1) is 5.82 Å². The minimum absolute atomic E-state index is 0.00562. The van der Waals surface area contributed by atoms with Crippen LogP contribution in [0.2, 0.25) is 0 Å². The van der Waals surface area contributed by atoms with Crippen molar-refractivity contribution in [1.29, 1.82) is 0 Å². The summed E-state index contributed by atoms with van der Waals surface area (Å²) in [4.78, 5) is 4.69. The molecule has 0 bridgehead atoms. The molecule has 150 valence electrons. The molecule has 2 aliphatic heterocycles. The number of nitrogens with one attached hydrogen (secondary N) is 1. The summed E-state index contributed by atoms with van der Waals surface area (Å²) in [5.41, 5.74) is 3.74. The third-order valence-corrected chi connectivity index (χ3v) is 7.23. The van der Waals surface area contributed by atoms with Crippen LogP contribution in [0.1, 0.15) is 30.0 Å². The number of benzene rings is 2. The zero-order chi connectivity index (χ0) is 19.7. The van der Waals surface area contributed by atoms with Crippen LogP contribution in [-0.4, -0.2) is 46.5 Å². The van der Waals surface area contributed by atoms with Crippen molar-refractivity contribution in [1.82, 2.24) is 9.62 Å². The Labute approximate surface area is 166 Å². The molecule has 1 unspecified atom stereocenters. The van der Waals surface area contributed by atoms with Crippen LogP contribution in [0.5, 0.6) is 0 Å². The number of nitrogens with zero attached hydrogens (tertiary/aromatic N) is 2. The molecule has 2 heterocycles. The number of likely N-dealkylation sites (tertiary alicyclic amines) is 1. The van der Waals surface area contributed by atoms with Crippen LogP contribution in [0.4, 0.5) is 10.1 Å². The van der Waals surface area contributed by atoms with Crippen LogP contribution in [-0.2, 0) is 16.4 Å². The molecular formula is C21H26FN3O2S. The maximum atomic E-state index is 13.1. The highest BCUT2D eigenvalue weighted by Gasteiger charge is 2.27. The van der Waals surface area contributed by atoms with Crippen LogP contribution in [0.3, 0.4) is 0 Å². The fourth-order valence-electron chi connectivity index (χ4n) is 4.19. The number of halogens is 1. The fraction of sp³-hybridized carbons (Fsp3) is 0.429. The topological polar surface area (TPSA) is 52.7 Å². The van der Waals surface area contributed by atoms with E-state index in [0.717, 1.165) is 44.5 Å². The van der Waals surface area contributed by atoms with Crippen LogP contribution in [0.25, 0.3) is 0 Å². The van der Waals surface area contributed by atoms with Crippen molar-refractivity contribution in [2.75, 3.05) is 38.1 Å². The number of rotatable bonds is 6. The Kier molecular flexibility index (Phi) is 5.40. The van der Waals surface area contributed by atoms with E-state index >= 15 is 0 Å². The van der Waals surface area contributed by atoms with Crippen molar-refractivity contribution in [3.63, 3.8) is 0 Å². The largest absolute Gasteiger partial charge is 0.374 e. The lowest BCUT2D eigenvalue weighted by atomic mass is 10.0. The lowest BCUT2D eigenvalue weighted by Gasteiger charge is -2.28. The molecule has 1 atom stereocenters. The summed E-state index contributed by atoms with van der Waals surface area (Å²) in [5, 5.41) is 0. The Hall–Kier alpha value is -1.96. The molecule has 0 saturated carbocycles. The maximum absolute atomic E-state index is 13.1. The second kappa shape index (κ2) is 7.81. The minimum Gasteiger partial charge on any atom is -0.374 e. The molecule has 7 heteroatoms. The molecule has 0 amide bonds. The highest BCUT2D eigenvalue weighted by molar-refractivity contribution is 7.89. The average Bonchev–Trinajstić information content (AvgIpc) is 3.33. The molecule has 4 rings (SSSR count). The second-order valence-corrected chi connectivity index (χ2v) is 9.39. The number of anilines is 1. The zero-order valence-corrected chi connectivity index (χ0v) is 16.9. The van der Waals surface area contributed by atoms with Gasteiger partial charge in [-0.15, -0.1) is 0 Å². The Bertz CT molecular complexity index is 941. The smallest absolute Gasteiger partial charge is 0.240 e. The third-order valence-electron chi connectivity index (χ3n) is 5.79. The van der Waals surface area contributed by atoms with Gasteiger partial charge in [-0.1, -0.05) is 12.1 Å². The molecule has 2 aromatic rings. The van der Waals surface area contributed by atoms with Crippen molar-refractivity contribution in [2.24, 2.45) is 0 Å². The van der Waals surface area contributed by atoms with E-state index in [1.165, 1.54) is 35.5 Å². The van der Waals surface area contributed by atoms with Crippen LogP contribution >= 0.6 is 0 Å². The van der Waals surface area contributed by atoms with Crippen molar-refractivity contribution in [3.8, 4) is 0 Å². The lowest BCUT2D eigenvalue weighted by Crippen LogP contribution is -2.36. The maximum Gasteiger partial charge on any atom is 0.240 e. The molecule has 1 saturated heterocycles. The highest BCUT2D eigenvalue weighted by atomic mass is 32.2. The van der Waals surface area contributed by atoms with E-state index in [4.69, 9.17) is 0 Å². The Morgan fingerprint density at radius 1 is 1.07 bits per heavy atom. The van der Waals surface area contributed by atoms with Gasteiger partial charge in [0.15, 0.2) is 0 Å². The Morgan fingerprint density at radius 3 is 2.50 bits per heavy atom. The van der Waals surface area contributed by atoms with Crippen LogP contribution < -0.4 is 9.62 Å². The zero-order valence-electron chi connectivity index (χ0n) is 16.1. The Morgan fingerprint density at radius 2 is 1.79 bits per heavy atom. The molecular weight excluding hydrogens is 377 g/mol. The van der Waals surface area contributed by atoms with Crippen molar-refractivity contribution < 1.29 is 12.8 Å². The average molecular weight is 404 g/mol. The van der Waals surface area contributed by atoms with Gasteiger partial charge in [-0.25, -0.2) is 17.5 Å². The van der Waals surface area contributed by atoms with Gasteiger partial charge >= 0.3 is 0 Å². The predicted octanol–water partition coefficient (Wildman–Crippen LogP) is 2.93. The molecule has 2 aromatic carbocycles. The molecule has 28 heavy (non-hydrogen) atoms. The number of fused-ring (bicyclic) bond motifs is 1. The van der Waals surface area contributed by atoms with E-state index in [2.05, 4.69) is 39.8 Å². The van der Waals surface area contributed by atoms with E-state index in [-0.39, 0.29) is 10.9 Å². The summed E-state index contributed by atoms with van der Waals surface area (Å²) in [6.07, 6.45) is 3.29. The molecule has 0 radical (unpaired) electrons. The van der Waals surface area contributed by atoms with Gasteiger partial charge in [0.2, 0.25) is 10.0 Å². The van der Waals surface area contributed by atoms with Gasteiger partial charge in [-0.2, -0.15) is 0 Å². The first-order valence-electron chi connectivity index (χ1n) is 9.77. The summed E-state index contributed by atoms with van der Waals surface area (Å²) in [7, 11) is -1.58. The molecule has 0 aliphatic carbocycles. The summed E-state index contributed by atoms with van der Waals surface area (Å²) < 4.78 is 41.2. The minimum atomic E-state index is -3.68. The summed E-state index contributed by atoms with van der Waals surface area (Å²) in [6, 6.07) is 11.4. The van der Waals surface area contributed by atoms with E-state index < -0.39 is 15.8 Å². The van der Waals surface area contributed by atoms with Crippen molar-refractivity contribution in [3.05, 3.63) is 59.4 Å². The van der Waals surface area contributed by atoms with Crippen molar-refractivity contribution >= 4 is 15.7 Å². The van der Waals surface area contributed by atoms with E-state index in [1.807, 2.05) is 0 Å². The predicted molar refractivity (Wildman–Crippen MR) is 109 cm³/mol. The first-order chi connectivity index (χ1) is 13.4. The van der Waals surface area contributed by atoms with Gasteiger partial charge in [-0.3, -0.25) is 4.90 Å². The molecule has 1 N–H and O–H groups in total. The van der Waals surface area contributed by atoms with Crippen LogP contribution in [0.15, 0.2) is 47.4 Å². The molecule has 0 aromatic heterocycles. The molecule has 5 nitrogen and oxygen atoms in total. The molecule has 0 spiro atoms. The monoisotopic (exact) mass is 403 g/mol. The summed E-state index contributed by atoms with van der Waals surface area (Å²) >= 11 is 0. The Balaban J connectivity index is 1.56. The van der Waals surface area contributed by atoms with Gasteiger partial charge in [0.25, 0.3) is 0 Å². The molecule has 2 aliphatic rings. The van der Waals surface area contributed by atoms with E-state index in [9.17, 15) is 12.8 Å². The SMILES string of the molecule is CN1CCc2cc(C(CNS(=O)(=O)c3ccc(F)cc3)N3CCCC3)ccc21. The van der Waals surface area contributed by atoms with Gasteiger partial charge < -0.3 is 4.90 Å². The molecule has 1 fully saturated rings. The van der Waals surface area contributed by atoms with Gasteiger partial charge in [0.05, 0.1) is 4.90 Å². The van der Waals surface area contributed by atoms with Gasteiger partial charge in [0, 0.05) is 31.9 Å². The number of hydrogen-bond donors (Lipinski definition) is 1. The standard InChI is InChI=1S/C21H26FN3O2S/c1-24-13-10-17-14-16(4-9-20(17)24)21(25-11-2-3-12-25)15-23-28(26,27)19-7-5-18(22)6-8-19/h4-9,14,21,23H,2-3,10-13,15H2,1H3. The first kappa shape index (κ1) is 19.4. The highest BCUT2D eigenvalue weighted by Crippen LogP contribution is 2.32. The number of sulfonamides is 1. The number of likely N-dealkylation sites (N-methyl/N-ethyl adjacent to an activating group) is 1. The quantitative estimate of drug-likeness (QED) is 0.806. The lowest BCUT2D eigenvalue weighted by molar-refractivity contribution is 0.246. The fourth-order valence-corrected chi connectivity index (χ4v) is 5.23. The second-order valence-electron chi connectivity index (χ2n) is 7.62. The number of hydrogen-bond acceptors (Lipinski definition) is 4. The van der Waals surface area contributed by atoms with E-state index in [1.54, 1.807) is 0 Å². The van der Waals surface area contributed by atoms with Crippen molar-refractivity contribution in [2.45, 2.75) is 30.2 Å². The van der Waals surface area contributed by atoms with Gasteiger partial charge in [-0.05, 0) is 73.8 Å². The van der Waals surface area contributed by atoms with Gasteiger partial charge in [0.1, 0.15) is 5.82 Å². The van der Waals surface area contributed by atoms with E-state index in [0.29, 0.717) is 6.54 Å². The first-order valence-corrected chi connectivity index (χ1v) is 11.3. The summed E-state index contributed by atoms with van der Waals surface area (Å²) in [6.45, 7) is 3.26. The third kappa shape index (κ3) is 3.92. The summed E-state index contributed by atoms with van der Waals surface area (Å²) in [5.74, 6) is -0.447. The normalized spacial score (nSPS) is 18.4.